The first-order valence-corrected chi connectivity index (χ1v) is 21.8. The van der Waals surface area contributed by atoms with Crippen LogP contribution in [0.4, 0.5) is 0 Å². The lowest BCUT2D eigenvalue weighted by Gasteiger charge is -2.30. The molecule has 0 rings (SSSR count). The molecule has 0 radical (unpaired) electrons. The first kappa shape index (κ1) is 46.0. The van der Waals surface area contributed by atoms with E-state index in [0.717, 1.165) is 64.2 Å². The SMILES string of the molecule is CCCCCCCC/C=C\CCCCCCCC(=O)P(=O)(C(=O)CCCCCCC/C=C\CCCCCCCC)C(O)C[N+](C)(C)C. The summed E-state index contributed by atoms with van der Waals surface area (Å²) in [7, 11) is 1.63. The Morgan fingerprint density at radius 2 is 0.787 bits per heavy atom. The second-order valence-electron chi connectivity index (χ2n) is 15.1. The first-order chi connectivity index (χ1) is 22.6. The van der Waals surface area contributed by atoms with Gasteiger partial charge in [-0.3, -0.25) is 9.59 Å². The van der Waals surface area contributed by atoms with Crippen molar-refractivity contribution >= 4 is 18.2 Å². The topological polar surface area (TPSA) is 71.4 Å². The van der Waals surface area contributed by atoms with Crippen LogP contribution in [0.5, 0.6) is 0 Å². The van der Waals surface area contributed by atoms with Crippen molar-refractivity contribution < 1.29 is 23.7 Å². The molecule has 0 saturated heterocycles. The third-order valence-electron chi connectivity index (χ3n) is 9.18. The summed E-state index contributed by atoms with van der Waals surface area (Å²) in [5.74, 6) is -1.39. The van der Waals surface area contributed by atoms with Crippen molar-refractivity contribution in [2.45, 2.75) is 199 Å². The molecule has 5 nitrogen and oxygen atoms in total. The Bertz CT molecular complexity index is 804. The lowest BCUT2D eigenvalue weighted by molar-refractivity contribution is -0.872. The fourth-order valence-electron chi connectivity index (χ4n) is 6.10. The van der Waals surface area contributed by atoms with Gasteiger partial charge in [-0.05, 0) is 64.2 Å². The third kappa shape index (κ3) is 26.5. The number of aliphatic hydroxyl groups excluding tert-OH is 1. The van der Waals surface area contributed by atoms with Crippen LogP contribution in [0.25, 0.3) is 0 Å². The van der Waals surface area contributed by atoms with Gasteiger partial charge in [0.1, 0.15) is 6.54 Å². The van der Waals surface area contributed by atoms with E-state index in [1.165, 1.54) is 89.9 Å². The number of hydrogen-bond acceptors (Lipinski definition) is 4. The number of carbonyl (C=O) groups excluding carboxylic acids is 2. The van der Waals surface area contributed by atoms with Gasteiger partial charge in [-0.2, -0.15) is 0 Å². The minimum atomic E-state index is -4.02. The molecule has 1 N–H and O–H groups in total. The van der Waals surface area contributed by atoms with Crippen LogP contribution in [-0.4, -0.2) is 54.2 Å². The van der Waals surface area contributed by atoms with E-state index in [9.17, 15) is 19.3 Å². The second kappa shape index (κ2) is 31.0. The molecule has 0 bridgehead atoms. The maximum absolute atomic E-state index is 14.0. The molecule has 6 heteroatoms. The van der Waals surface area contributed by atoms with Gasteiger partial charge in [-0.15, -0.1) is 0 Å². The summed E-state index contributed by atoms with van der Waals surface area (Å²) >= 11 is 0. The average Bonchev–Trinajstić information content (AvgIpc) is 3.03. The van der Waals surface area contributed by atoms with Crippen molar-refractivity contribution in [2.24, 2.45) is 0 Å². The first-order valence-electron chi connectivity index (χ1n) is 20.0. The second-order valence-corrected chi connectivity index (χ2v) is 18.0. The van der Waals surface area contributed by atoms with Crippen molar-refractivity contribution in [1.29, 1.82) is 0 Å². The van der Waals surface area contributed by atoms with Gasteiger partial charge in [-0.25, -0.2) is 0 Å². The summed E-state index contributed by atoms with van der Waals surface area (Å²) in [6.07, 6.45) is 39.8. The Morgan fingerprint density at radius 1 is 0.511 bits per heavy atom. The maximum atomic E-state index is 14.0. The summed E-state index contributed by atoms with van der Waals surface area (Å²) < 4.78 is 14.3. The lowest BCUT2D eigenvalue weighted by atomic mass is 10.1. The minimum absolute atomic E-state index is 0.127. The van der Waals surface area contributed by atoms with Crippen LogP contribution in [0.3, 0.4) is 0 Å². The van der Waals surface area contributed by atoms with Crippen LogP contribution >= 0.6 is 7.14 Å². The quantitative estimate of drug-likeness (QED) is 0.0313. The van der Waals surface area contributed by atoms with Gasteiger partial charge in [0.25, 0.3) is 0 Å². The predicted octanol–water partition coefficient (Wildman–Crippen LogP) is 12.5. The fourth-order valence-corrected chi connectivity index (χ4v) is 8.75. The highest BCUT2D eigenvalue weighted by Crippen LogP contribution is 2.54. The van der Waals surface area contributed by atoms with E-state index in [0.29, 0.717) is 17.3 Å². The van der Waals surface area contributed by atoms with Gasteiger partial charge >= 0.3 is 0 Å². The zero-order valence-electron chi connectivity index (χ0n) is 32.0. The van der Waals surface area contributed by atoms with E-state index in [1.807, 2.05) is 21.1 Å². The number of allylic oxidation sites excluding steroid dienone is 4. The molecule has 0 aliphatic carbocycles. The average molecular weight is 681 g/mol. The summed E-state index contributed by atoms with van der Waals surface area (Å²) in [4.78, 5) is 26.5. The van der Waals surface area contributed by atoms with Crippen LogP contribution in [0.15, 0.2) is 24.3 Å². The van der Waals surface area contributed by atoms with Crippen molar-refractivity contribution in [3.8, 4) is 0 Å². The number of quaternary nitrogens is 1. The highest BCUT2D eigenvalue weighted by Gasteiger charge is 2.46. The largest absolute Gasteiger partial charge is 0.379 e. The Kier molecular flexibility index (Phi) is 30.3. The Morgan fingerprint density at radius 3 is 1.09 bits per heavy atom. The van der Waals surface area contributed by atoms with Gasteiger partial charge in [0.15, 0.2) is 5.85 Å². The Labute approximate surface area is 292 Å². The molecule has 1 atom stereocenters. The third-order valence-corrected chi connectivity index (χ3v) is 12.1. The van der Waals surface area contributed by atoms with Crippen molar-refractivity contribution in [1.82, 2.24) is 0 Å². The molecule has 0 saturated carbocycles. The van der Waals surface area contributed by atoms with Crippen LogP contribution in [0, 0.1) is 0 Å². The van der Waals surface area contributed by atoms with E-state index >= 15 is 0 Å². The molecule has 0 amide bonds. The van der Waals surface area contributed by atoms with Gasteiger partial charge in [0.2, 0.25) is 18.2 Å². The molecule has 0 aromatic heterocycles. The number of likely N-dealkylation sites (N-methyl/N-ethyl adjacent to an activating group) is 1. The number of hydrogen-bond donors (Lipinski definition) is 1. The molecule has 0 aliphatic rings. The monoisotopic (exact) mass is 681 g/mol. The minimum Gasteiger partial charge on any atom is -0.379 e. The molecule has 0 spiro atoms. The molecule has 0 heterocycles. The van der Waals surface area contributed by atoms with Gasteiger partial charge < -0.3 is 14.2 Å². The van der Waals surface area contributed by atoms with E-state index < -0.39 is 24.0 Å². The predicted molar refractivity (Wildman–Crippen MR) is 205 cm³/mol. The van der Waals surface area contributed by atoms with Crippen LogP contribution in [0.1, 0.15) is 194 Å². The fraction of sp³-hybridized carbons (Fsp3) is 0.854. The summed E-state index contributed by atoms with van der Waals surface area (Å²) in [5, 5.41) is 11.0. The molecule has 276 valence electrons. The molecule has 0 fully saturated rings. The number of unbranched alkanes of at least 4 members (excludes halogenated alkanes) is 22. The van der Waals surface area contributed by atoms with Crippen LogP contribution in [0.2, 0.25) is 0 Å². The van der Waals surface area contributed by atoms with E-state index in [2.05, 4.69) is 38.2 Å². The summed E-state index contributed by atoms with van der Waals surface area (Å²) in [6.45, 7) is 4.64. The molecule has 47 heavy (non-hydrogen) atoms. The molecule has 0 aliphatic heterocycles. The van der Waals surface area contributed by atoms with Crippen LogP contribution in [-0.2, 0) is 14.2 Å². The Balaban J connectivity index is 4.34. The highest BCUT2D eigenvalue weighted by molar-refractivity contribution is 7.94. The summed E-state index contributed by atoms with van der Waals surface area (Å²) in [5.41, 5.74) is -1.01. The number of carbonyl (C=O) groups is 2. The summed E-state index contributed by atoms with van der Waals surface area (Å²) in [6, 6.07) is 0. The van der Waals surface area contributed by atoms with Gasteiger partial charge in [0, 0.05) is 12.8 Å². The molecule has 0 aromatic rings. The van der Waals surface area contributed by atoms with E-state index in [4.69, 9.17) is 0 Å². The van der Waals surface area contributed by atoms with Crippen molar-refractivity contribution in [3.05, 3.63) is 24.3 Å². The standard InChI is InChI=1S/C41H79NO4P/c1-6-8-10-12-14-16-18-20-22-24-26-28-30-32-34-36-39(43)47(46,41(45)38-42(3,4)5)40(44)37-35-33-31-29-27-25-23-21-19-17-15-13-11-9-7-2/h20-23,41,45H,6-19,24-38H2,1-5H3/q+1/b22-20-,23-21-. The molecular weight excluding hydrogens is 601 g/mol. The highest BCUT2D eigenvalue weighted by atomic mass is 31.2. The normalized spacial score (nSPS) is 13.2. The number of nitrogens with zero attached hydrogens (tertiary/aromatic N) is 1. The Hall–Kier alpha value is -1.03. The maximum Gasteiger partial charge on any atom is 0.243 e. The van der Waals surface area contributed by atoms with Gasteiger partial charge in [-0.1, -0.05) is 141 Å². The van der Waals surface area contributed by atoms with Gasteiger partial charge in [0.05, 0.1) is 21.1 Å². The van der Waals surface area contributed by atoms with Crippen LogP contribution < -0.4 is 0 Å². The number of aliphatic hydroxyl groups is 1. The number of rotatable bonds is 35. The molecular formula is C41H79NO4P+. The van der Waals surface area contributed by atoms with E-state index in [-0.39, 0.29) is 19.4 Å². The molecule has 0 aromatic carbocycles. The zero-order valence-corrected chi connectivity index (χ0v) is 32.9. The molecule has 1 unspecified atom stereocenters. The zero-order chi connectivity index (χ0) is 35.1. The van der Waals surface area contributed by atoms with Crippen molar-refractivity contribution in [2.75, 3.05) is 27.7 Å². The smallest absolute Gasteiger partial charge is 0.243 e. The van der Waals surface area contributed by atoms with Crippen molar-refractivity contribution in [3.63, 3.8) is 0 Å². The van der Waals surface area contributed by atoms with E-state index in [1.54, 1.807) is 0 Å². The lowest BCUT2D eigenvalue weighted by Crippen LogP contribution is -2.42.